The van der Waals surface area contributed by atoms with Gasteiger partial charge in [0.25, 0.3) is 0 Å². The predicted octanol–water partition coefficient (Wildman–Crippen LogP) is 5.85. The average Bonchev–Trinajstić information content (AvgIpc) is 3.40. The molecule has 3 unspecified atom stereocenters. The highest BCUT2D eigenvalue weighted by atomic mass is 32.3. The molecule has 2 spiro atoms. The van der Waals surface area contributed by atoms with Crippen LogP contribution in [0.3, 0.4) is 0 Å². The monoisotopic (exact) mass is 620 g/mol. The average molecular weight is 621 g/mol. The second-order valence-corrected chi connectivity index (χ2v) is 18.0. The summed E-state index contributed by atoms with van der Waals surface area (Å²) < 4.78 is 75.8. The van der Waals surface area contributed by atoms with Crippen molar-refractivity contribution in [1.29, 1.82) is 0 Å². The van der Waals surface area contributed by atoms with Gasteiger partial charge in [-0.3, -0.25) is 9.11 Å². The summed E-state index contributed by atoms with van der Waals surface area (Å²) in [5.41, 5.74) is -0.626. The molecule has 238 valence electrons. The van der Waals surface area contributed by atoms with E-state index in [4.69, 9.17) is 8.37 Å². The van der Waals surface area contributed by atoms with Crippen LogP contribution in [0.2, 0.25) is 0 Å². The molecule has 0 radical (unpaired) electrons. The predicted molar refractivity (Wildman–Crippen MR) is 154 cm³/mol. The van der Waals surface area contributed by atoms with E-state index < -0.39 is 38.9 Å². The van der Waals surface area contributed by atoms with E-state index >= 15 is 0 Å². The van der Waals surface area contributed by atoms with Gasteiger partial charge in [0.15, 0.2) is 0 Å². The molecule has 5 fully saturated rings. The van der Waals surface area contributed by atoms with Gasteiger partial charge in [0, 0.05) is 5.41 Å². The van der Waals surface area contributed by atoms with Crippen molar-refractivity contribution >= 4 is 20.8 Å². The van der Waals surface area contributed by atoms with Crippen LogP contribution in [0.15, 0.2) is 0 Å². The van der Waals surface area contributed by atoms with E-state index in [-0.39, 0.29) is 33.7 Å². The third-order valence-corrected chi connectivity index (χ3v) is 14.6. The molecule has 0 aliphatic heterocycles. The Morgan fingerprint density at radius 3 is 2.02 bits per heavy atom. The highest BCUT2D eigenvalue weighted by molar-refractivity contribution is 7.81. The quantitative estimate of drug-likeness (QED) is 0.256. The highest BCUT2D eigenvalue weighted by Gasteiger charge is 2.82. The molecule has 0 aromatic heterocycles. The number of hydrogen-bond acceptors (Lipinski definition) is 7. The molecule has 0 bridgehead atoms. The Kier molecular flexibility index (Phi) is 7.91. The van der Waals surface area contributed by atoms with Crippen molar-refractivity contribution in [2.45, 2.75) is 124 Å². The number of rotatable bonds is 10. The molecule has 3 N–H and O–H groups in total. The van der Waals surface area contributed by atoms with Gasteiger partial charge in [0.1, 0.15) is 0 Å². The Bertz CT molecular complexity index is 1240. The van der Waals surface area contributed by atoms with Gasteiger partial charge in [-0.15, -0.1) is 0 Å². The largest absolute Gasteiger partial charge is 0.397 e. The SMILES string of the molecule is CC(C)CC(O)CC(C)[C@H]1CC[C@@]2(C)[C@@H]3CCC4[C@@]5(CC[C@H](OS(=O)(=O)O)[C@@]4(C)COS(=O)(=O)O)C[C@@]35CC[C@]12C. The lowest BCUT2D eigenvalue weighted by Crippen LogP contribution is -2.59. The molecule has 11 atom stereocenters. The lowest BCUT2D eigenvalue weighted by Gasteiger charge is -2.63. The first kappa shape index (κ1) is 32.1. The Morgan fingerprint density at radius 1 is 0.780 bits per heavy atom. The zero-order chi connectivity index (χ0) is 30.4. The van der Waals surface area contributed by atoms with Crippen molar-refractivity contribution in [3.05, 3.63) is 0 Å². The summed E-state index contributed by atoms with van der Waals surface area (Å²) in [5, 5.41) is 10.8. The van der Waals surface area contributed by atoms with E-state index in [0.717, 1.165) is 51.4 Å². The van der Waals surface area contributed by atoms with E-state index in [1.807, 2.05) is 0 Å². The van der Waals surface area contributed by atoms with Crippen molar-refractivity contribution in [2.24, 2.45) is 56.7 Å². The third kappa shape index (κ3) is 5.05. The smallest absolute Gasteiger partial charge is 0.393 e. The van der Waals surface area contributed by atoms with Crippen LogP contribution in [0.5, 0.6) is 0 Å². The van der Waals surface area contributed by atoms with Crippen LogP contribution in [0.4, 0.5) is 0 Å². The van der Waals surface area contributed by atoms with Crippen LogP contribution >= 0.6 is 0 Å². The maximum Gasteiger partial charge on any atom is 0.397 e. The second kappa shape index (κ2) is 10.1. The summed E-state index contributed by atoms with van der Waals surface area (Å²) in [4.78, 5) is 0. The minimum Gasteiger partial charge on any atom is -0.393 e. The summed E-state index contributed by atoms with van der Waals surface area (Å²) in [7, 11) is -9.51. The van der Waals surface area contributed by atoms with Crippen LogP contribution in [0, 0.1) is 56.7 Å². The molecule has 5 rings (SSSR count). The van der Waals surface area contributed by atoms with Crippen molar-refractivity contribution in [1.82, 2.24) is 0 Å². The Hall–Kier alpha value is -0.300. The molecule has 0 saturated heterocycles. The van der Waals surface area contributed by atoms with Gasteiger partial charge in [-0.2, -0.15) is 16.8 Å². The normalized spacial score (nSPS) is 47.2. The standard InChI is InChI=1S/C30H52O9S2/c1-19(2)15-21(31)16-20(3)22-9-11-28(6)24-8-7-23-26(4,18-38-40(32,33)34)25(39-41(35,36)37)10-12-29(23)17-30(24,29)14-13-27(22,28)5/h19-25,31H,7-18H2,1-6H3,(H,32,33,34)(H,35,36,37)/t20?,21?,22-,23?,24+,25+,26+,27-,28+,29-,30+/m1/s1. The third-order valence-electron chi connectivity index (χ3n) is 13.7. The van der Waals surface area contributed by atoms with E-state index in [0.29, 0.717) is 30.1 Å². The van der Waals surface area contributed by atoms with Gasteiger partial charge in [0.05, 0.1) is 18.8 Å². The van der Waals surface area contributed by atoms with Gasteiger partial charge < -0.3 is 5.11 Å². The highest BCUT2D eigenvalue weighted by Crippen LogP contribution is 2.89. The summed E-state index contributed by atoms with van der Waals surface area (Å²) >= 11 is 0. The summed E-state index contributed by atoms with van der Waals surface area (Å²) in [6.45, 7) is 13.1. The van der Waals surface area contributed by atoms with E-state index in [1.54, 1.807) is 6.92 Å². The van der Waals surface area contributed by atoms with E-state index in [1.165, 1.54) is 12.8 Å². The molecule has 0 heterocycles. The molecular formula is C30H52O9S2. The molecule has 11 heteroatoms. The maximum absolute atomic E-state index is 11.8. The van der Waals surface area contributed by atoms with Gasteiger partial charge >= 0.3 is 20.8 Å². The number of hydrogen-bond donors (Lipinski definition) is 3. The van der Waals surface area contributed by atoms with E-state index in [9.17, 15) is 31.0 Å². The molecule has 41 heavy (non-hydrogen) atoms. The van der Waals surface area contributed by atoms with Crippen LogP contribution in [-0.4, -0.2) is 49.9 Å². The lowest BCUT2D eigenvalue weighted by atomic mass is 9.41. The molecule has 5 saturated carbocycles. The number of fused-ring (bicyclic) bond motifs is 2. The van der Waals surface area contributed by atoms with Crippen molar-refractivity contribution in [3.8, 4) is 0 Å². The fourth-order valence-electron chi connectivity index (χ4n) is 12.1. The van der Waals surface area contributed by atoms with Crippen LogP contribution in [0.25, 0.3) is 0 Å². The molecule has 9 nitrogen and oxygen atoms in total. The van der Waals surface area contributed by atoms with Crippen molar-refractivity contribution in [3.63, 3.8) is 0 Å². The van der Waals surface area contributed by atoms with Gasteiger partial charge in [-0.1, -0.05) is 41.5 Å². The summed E-state index contributed by atoms with van der Waals surface area (Å²) in [6.07, 6.45) is 8.97. The minimum absolute atomic E-state index is 0.0521. The van der Waals surface area contributed by atoms with E-state index in [2.05, 4.69) is 34.6 Å². The molecule has 5 aliphatic rings. The second-order valence-electron chi connectivity index (χ2n) is 15.9. The maximum atomic E-state index is 11.8. The Balaban J connectivity index is 1.42. The van der Waals surface area contributed by atoms with Crippen LogP contribution in [-0.2, 0) is 29.2 Å². The zero-order valence-electron chi connectivity index (χ0n) is 25.6. The first-order valence-corrected chi connectivity index (χ1v) is 18.4. The zero-order valence-corrected chi connectivity index (χ0v) is 27.3. The fourth-order valence-corrected chi connectivity index (χ4v) is 13.1. The Morgan fingerprint density at radius 2 is 1.41 bits per heavy atom. The first-order valence-electron chi connectivity index (χ1n) is 15.7. The molecule has 0 aromatic rings. The van der Waals surface area contributed by atoms with Gasteiger partial charge in [-0.25, -0.2) is 8.37 Å². The Labute approximate surface area is 247 Å². The van der Waals surface area contributed by atoms with Crippen LogP contribution in [0.1, 0.15) is 112 Å². The summed E-state index contributed by atoms with van der Waals surface area (Å²) in [6, 6.07) is 0. The number of aliphatic hydroxyl groups is 1. The van der Waals surface area contributed by atoms with Crippen molar-refractivity contribution < 1.29 is 39.4 Å². The molecule has 0 aromatic carbocycles. The first-order chi connectivity index (χ1) is 18.7. The molecular weight excluding hydrogens is 568 g/mol. The van der Waals surface area contributed by atoms with Crippen LogP contribution < -0.4 is 0 Å². The molecule has 0 amide bonds. The summed E-state index contributed by atoms with van der Waals surface area (Å²) in [5.74, 6) is 1.95. The minimum atomic E-state index is -4.76. The van der Waals surface area contributed by atoms with Crippen molar-refractivity contribution in [2.75, 3.05) is 6.61 Å². The number of aliphatic hydroxyl groups excluding tert-OH is 1. The lowest BCUT2D eigenvalue weighted by molar-refractivity contribution is -0.169. The van der Waals surface area contributed by atoms with Gasteiger partial charge in [0.2, 0.25) is 0 Å². The van der Waals surface area contributed by atoms with Gasteiger partial charge in [-0.05, 0) is 122 Å². The molecule has 5 aliphatic carbocycles. The fraction of sp³-hybridized carbons (Fsp3) is 1.00. The topological polar surface area (TPSA) is 147 Å².